The van der Waals surface area contributed by atoms with Crippen LogP contribution in [0.2, 0.25) is 0 Å². The Balaban J connectivity index is 2.39. The molecule has 1 atom stereocenters. The third-order valence-corrected chi connectivity index (χ3v) is 4.66. The second kappa shape index (κ2) is 7.43. The first-order chi connectivity index (χ1) is 11.3. The maximum atomic E-state index is 12.3. The number of carbonyl (C=O) groups excluding carboxylic acids is 3. The maximum absolute atomic E-state index is 12.3. The number of benzene rings is 1. The number of para-hydroxylation sites is 1. The number of amides is 1. The Bertz CT molecular complexity index is 705. The third-order valence-electron chi connectivity index (χ3n) is 3.61. The van der Waals surface area contributed by atoms with E-state index < -0.39 is 10.9 Å². The van der Waals surface area contributed by atoms with Gasteiger partial charge >= 0.3 is 5.97 Å². The minimum atomic E-state index is -0.747. The number of hydrogen-bond acceptors (Lipinski definition) is 7. The standard InChI is InChI=1S/C15H16N2O6S/c1-9(18)24-8-10-6-13(19)16(7-10)14-11(15(20)23-2)4-3-5-12(14)17(21)22/h3-5,10H,6-8H2,1-2H3. The van der Waals surface area contributed by atoms with Crippen LogP contribution in [0.15, 0.2) is 18.2 Å². The fourth-order valence-electron chi connectivity index (χ4n) is 2.58. The fraction of sp³-hybridized carbons (Fsp3) is 0.400. The molecule has 1 heterocycles. The van der Waals surface area contributed by atoms with Crippen LogP contribution in [0, 0.1) is 16.0 Å². The lowest BCUT2D eigenvalue weighted by atomic mass is 10.1. The van der Waals surface area contributed by atoms with Gasteiger partial charge in [-0.2, -0.15) is 0 Å². The predicted molar refractivity (Wildman–Crippen MR) is 88.0 cm³/mol. The summed E-state index contributed by atoms with van der Waals surface area (Å²) in [5, 5.41) is 11.3. The summed E-state index contributed by atoms with van der Waals surface area (Å²) in [6.07, 6.45) is 0.174. The molecule has 1 fully saturated rings. The van der Waals surface area contributed by atoms with Crippen LogP contribution in [0.4, 0.5) is 11.4 Å². The van der Waals surface area contributed by atoms with Gasteiger partial charge in [-0.25, -0.2) is 4.79 Å². The van der Waals surface area contributed by atoms with Gasteiger partial charge in [-0.15, -0.1) is 0 Å². The molecular formula is C15H16N2O6S. The Morgan fingerprint density at radius 1 is 1.46 bits per heavy atom. The normalized spacial score (nSPS) is 17.0. The smallest absolute Gasteiger partial charge is 0.340 e. The van der Waals surface area contributed by atoms with Gasteiger partial charge < -0.3 is 9.64 Å². The van der Waals surface area contributed by atoms with E-state index in [4.69, 9.17) is 0 Å². The van der Waals surface area contributed by atoms with Gasteiger partial charge in [0, 0.05) is 31.7 Å². The summed E-state index contributed by atoms with van der Waals surface area (Å²) in [5.41, 5.74) is -0.402. The van der Waals surface area contributed by atoms with E-state index in [9.17, 15) is 24.5 Å². The average Bonchev–Trinajstić information content (AvgIpc) is 2.92. The summed E-state index contributed by atoms with van der Waals surface area (Å²) < 4.78 is 4.66. The number of methoxy groups -OCH3 is 1. The van der Waals surface area contributed by atoms with Crippen LogP contribution in [-0.4, -0.2) is 41.3 Å². The number of esters is 1. The van der Waals surface area contributed by atoms with E-state index in [0.29, 0.717) is 5.75 Å². The zero-order valence-corrected chi connectivity index (χ0v) is 14.0. The van der Waals surface area contributed by atoms with Crippen molar-refractivity contribution in [2.75, 3.05) is 24.3 Å². The summed E-state index contributed by atoms with van der Waals surface area (Å²) in [5.74, 6) is -0.727. The number of nitro benzene ring substituents is 1. The molecule has 0 aromatic heterocycles. The average molecular weight is 352 g/mol. The molecule has 0 aliphatic carbocycles. The van der Waals surface area contributed by atoms with Crippen molar-refractivity contribution in [1.29, 1.82) is 0 Å². The monoisotopic (exact) mass is 352 g/mol. The minimum absolute atomic E-state index is 0.0279. The van der Waals surface area contributed by atoms with Gasteiger partial charge in [0.05, 0.1) is 17.6 Å². The van der Waals surface area contributed by atoms with Crippen molar-refractivity contribution in [2.45, 2.75) is 13.3 Å². The van der Waals surface area contributed by atoms with Crippen molar-refractivity contribution in [2.24, 2.45) is 5.92 Å². The topological polar surface area (TPSA) is 107 Å². The second-order valence-electron chi connectivity index (χ2n) is 5.30. The van der Waals surface area contributed by atoms with Gasteiger partial charge in [0.1, 0.15) is 5.69 Å². The highest BCUT2D eigenvalue weighted by molar-refractivity contribution is 8.13. The highest BCUT2D eigenvalue weighted by Crippen LogP contribution is 2.37. The Hall–Kier alpha value is -2.42. The zero-order chi connectivity index (χ0) is 17.9. The van der Waals surface area contributed by atoms with Crippen molar-refractivity contribution in [3.63, 3.8) is 0 Å². The van der Waals surface area contributed by atoms with Crippen LogP contribution in [0.3, 0.4) is 0 Å². The number of carbonyl (C=O) groups is 3. The quantitative estimate of drug-likeness (QED) is 0.453. The van der Waals surface area contributed by atoms with Gasteiger partial charge in [0.25, 0.3) is 5.69 Å². The van der Waals surface area contributed by atoms with E-state index >= 15 is 0 Å². The van der Waals surface area contributed by atoms with Crippen LogP contribution in [0.5, 0.6) is 0 Å². The van der Waals surface area contributed by atoms with Crippen LogP contribution in [0.1, 0.15) is 23.7 Å². The van der Waals surface area contributed by atoms with Crippen LogP contribution < -0.4 is 4.90 Å². The van der Waals surface area contributed by atoms with Crippen LogP contribution in [-0.2, 0) is 14.3 Å². The predicted octanol–water partition coefficient (Wildman–Crippen LogP) is 2.01. The molecule has 0 bridgehead atoms. The highest BCUT2D eigenvalue weighted by atomic mass is 32.2. The van der Waals surface area contributed by atoms with Crippen molar-refractivity contribution >= 4 is 40.1 Å². The third kappa shape index (κ3) is 3.73. The molecule has 0 radical (unpaired) electrons. The first-order valence-electron chi connectivity index (χ1n) is 7.14. The molecule has 2 rings (SSSR count). The van der Waals surface area contributed by atoms with Crippen molar-refractivity contribution in [3.05, 3.63) is 33.9 Å². The Kier molecular flexibility index (Phi) is 5.55. The Morgan fingerprint density at radius 2 is 2.17 bits per heavy atom. The summed E-state index contributed by atoms with van der Waals surface area (Å²) in [4.78, 5) is 47.3. The molecule has 1 unspecified atom stereocenters. The summed E-state index contributed by atoms with van der Waals surface area (Å²) in [6.45, 7) is 1.66. The molecule has 0 saturated carbocycles. The number of rotatable bonds is 5. The van der Waals surface area contributed by atoms with E-state index in [0.717, 1.165) is 11.8 Å². The van der Waals surface area contributed by atoms with Gasteiger partial charge in [-0.3, -0.25) is 19.7 Å². The summed E-state index contributed by atoms with van der Waals surface area (Å²) >= 11 is 1.11. The lowest BCUT2D eigenvalue weighted by Crippen LogP contribution is -2.28. The van der Waals surface area contributed by atoms with Crippen molar-refractivity contribution in [1.82, 2.24) is 0 Å². The van der Waals surface area contributed by atoms with Crippen LogP contribution >= 0.6 is 11.8 Å². The van der Waals surface area contributed by atoms with Crippen LogP contribution in [0.25, 0.3) is 0 Å². The molecule has 1 amide bonds. The fourth-order valence-corrected chi connectivity index (χ4v) is 3.28. The highest BCUT2D eigenvalue weighted by Gasteiger charge is 2.37. The van der Waals surface area contributed by atoms with Crippen molar-refractivity contribution in [3.8, 4) is 0 Å². The largest absolute Gasteiger partial charge is 0.465 e. The number of nitrogens with zero attached hydrogens (tertiary/aromatic N) is 2. The molecule has 8 nitrogen and oxygen atoms in total. The molecule has 1 aliphatic rings. The number of nitro groups is 1. The molecule has 128 valence electrons. The first-order valence-corrected chi connectivity index (χ1v) is 8.13. The van der Waals surface area contributed by atoms with E-state index in [1.165, 1.54) is 37.1 Å². The zero-order valence-electron chi connectivity index (χ0n) is 13.2. The number of anilines is 1. The number of hydrogen-bond donors (Lipinski definition) is 0. The molecule has 9 heteroatoms. The van der Waals surface area contributed by atoms with E-state index in [-0.39, 0.29) is 46.8 Å². The molecule has 1 aromatic carbocycles. The summed E-state index contributed by atoms with van der Waals surface area (Å²) in [7, 11) is 1.17. The molecule has 1 saturated heterocycles. The molecule has 0 spiro atoms. The van der Waals surface area contributed by atoms with Gasteiger partial charge in [0.2, 0.25) is 5.91 Å². The lowest BCUT2D eigenvalue weighted by Gasteiger charge is -2.19. The molecule has 0 N–H and O–H groups in total. The number of thioether (sulfide) groups is 1. The minimum Gasteiger partial charge on any atom is -0.465 e. The molecule has 24 heavy (non-hydrogen) atoms. The Labute approximate surface area is 142 Å². The van der Waals surface area contributed by atoms with E-state index in [1.807, 2.05) is 0 Å². The molecular weight excluding hydrogens is 336 g/mol. The van der Waals surface area contributed by atoms with Gasteiger partial charge in [0.15, 0.2) is 5.12 Å². The van der Waals surface area contributed by atoms with Gasteiger partial charge in [-0.05, 0) is 12.0 Å². The number of ether oxygens (including phenoxy) is 1. The summed E-state index contributed by atoms with van der Waals surface area (Å²) in [6, 6.07) is 4.00. The van der Waals surface area contributed by atoms with Crippen molar-refractivity contribution < 1.29 is 24.0 Å². The van der Waals surface area contributed by atoms with E-state index in [1.54, 1.807) is 0 Å². The lowest BCUT2D eigenvalue weighted by molar-refractivity contribution is -0.384. The van der Waals surface area contributed by atoms with Gasteiger partial charge in [-0.1, -0.05) is 17.8 Å². The first kappa shape index (κ1) is 17.9. The SMILES string of the molecule is COC(=O)c1cccc([N+](=O)[O-])c1N1CC(CSC(C)=O)CC1=O. The van der Waals surface area contributed by atoms with E-state index in [2.05, 4.69) is 4.74 Å². The Morgan fingerprint density at radius 3 is 2.75 bits per heavy atom. The second-order valence-corrected chi connectivity index (χ2v) is 6.50. The maximum Gasteiger partial charge on any atom is 0.340 e. The molecule has 1 aliphatic heterocycles. The molecule has 1 aromatic rings.